The highest BCUT2D eigenvalue weighted by molar-refractivity contribution is 7.89. The van der Waals surface area contributed by atoms with Gasteiger partial charge in [0.15, 0.2) is 0 Å². The summed E-state index contributed by atoms with van der Waals surface area (Å²) in [7, 11) is -2.63. The number of likely N-dealkylation sites (N-methyl/N-ethyl adjacent to an activating group) is 1. The number of primary sulfonamides is 1. The van der Waals surface area contributed by atoms with Crippen LogP contribution in [0.25, 0.3) is 0 Å². The van der Waals surface area contributed by atoms with Gasteiger partial charge in [-0.25, -0.2) is 17.9 Å². The number of nitrogens with zero attached hydrogens (tertiary/aromatic N) is 1. The molecular weight excluding hydrogens is 287 g/mol. The lowest BCUT2D eigenvalue weighted by molar-refractivity contribution is 0.0706. The third-order valence-electron chi connectivity index (χ3n) is 2.60. The fourth-order valence-corrected chi connectivity index (χ4v) is 2.28. The molecule has 6 nitrogen and oxygen atoms in total. The summed E-state index contributed by atoms with van der Waals surface area (Å²) in [5.74, 6) is -1.34. The molecule has 0 aliphatic rings. The van der Waals surface area contributed by atoms with E-state index in [2.05, 4.69) is 0 Å². The van der Waals surface area contributed by atoms with Crippen molar-refractivity contribution in [3.8, 4) is 0 Å². The average molecular weight is 304 g/mol. The fourth-order valence-electron chi connectivity index (χ4n) is 1.57. The Bertz CT molecular complexity index is 589. The summed E-state index contributed by atoms with van der Waals surface area (Å²) < 4.78 is 41.2. The van der Waals surface area contributed by atoms with Gasteiger partial charge in [-0.1, -0.05) is 0 Å². The van der Waals surface area contributed by atoms with E-state index < -0.39 is 26.6 Å². The van der Waals surface area contributed by atoms with Crippen molar-refractivity contribution in [1.29, 1.82) is 0 Å². The van der Waals surface area contributed by atoms with Crippen LogP contribution in [0.2, 0.25) is 0 Å². The van der Waals surface area contributed by atoms with Gasteiger partial charge in [0.2, 0.25) is 10.0 Å². The van der Waals surface area contributed by atoms with Gasteiger partial charge in [-0.15, -0.1) is 0 Å². The molecule has 20 heavy (non-hydrogen) atoms. The first-order chi connectivity index (χ1) is 9.27. The molecule has 0 aliphatic carbocycles. The number of benzene rings is 1. The van der Waals surface area contributed by atoms with E-state index >= 15 is 0 Å². The van der Waals surface area contributed by atoms with E-state index in [0.29, 0.717) is 13.2 Å². The van der Waals surface area contributed by atoms with Gasteiger partial charge in [0.05, 0.1) is 17.1 Å². The van der Waals surface area contributed by atoms with Crippen LogP contribution in [0.1, 0.15) is 17.3 Å². The number of carbonyl (C=O) groups is 1. The van der Waals surface area contributed by atoms with E-state index in [-0.39, 0.29) is 12.1 Å². The van der Waals surface area contributed by atoms with Crippen molar-refractivity contribution in [3.05, 3.63) is 29.6 Å². The van der Waals surface area contributed by atoms with Gasteiger partial charge in [-0.2, -0.15) is 0 Å². The van der Waals surface area contributed by atoms with Crippen LogP contribution in [0.15, 0.2) is 23.1 Å². The average Bonchev–Trinajstić information content (AvgIpc) is 2.36. The second kappa shape index (κ2) is 6.78. The highest BCUT2D eigenvalue weighted by atomic mass is 32.2. The molecule has 0 saturated heterocycles. The normalized spacial score (nSPS) is 11.4. The highest BCUT2D eigenvalue weighted by Gasteiger charge is 2.22. The molecule has 0 unspecified atom stereocenters. The molecule has 0 fully saturated rings. The predicted molar refractivity (Wildman–Crippen MR) is 71.2 cm³/mol. The van der Waals surface area contributed by atoms with Gasteiger partial charge in [0.1, 0.15) is 5.82 Å². The monoisotopic (exact) mass is 304 g/mol. The minimum atomic E-state index is -4.10. The van der Waals surface area contributed by atoms with Crippen LogP contribution in [0, 0.1) is 5.82 Å². The van der Waals surface area contributed by atoms with Gasteiger partial charge in [-0.3, -0.25) is 4.79 Å². The predicted octanol–water partition coefficient (Wildman–Crippen LogP) is 0.582. The van der Waals surface area contributed by atoms with Crippen molar-refractivity contribution < 1.29 is 22.3 Å². The fraction of sp³-hybridized carbons (Fsp3) is 0.417. The summed E-state index contributed by atoms with van der Waals surface area (Å²) in [6, 6.07) is 2.78. The summed E-state index contributed by atoms with van der Waals surface area (Å²) in [5.41, 5.74) is -0.286. The maximum absolute atomic E-state index is 13.2. The molecule has 112 valence electrons. The molecular formula is C12H17FN2O4S. The lowest BCUT2D eigenvalue weighted by atomic mass is 10.2. The van der Waals surface area contributed by atoms with E-state index in [1.807, 2.05) is 6.92 Å². The Kier molecular flexibility index (Phi) is 5.61. The summed E-state index contributed by atoms with van der Waals surface area (Å²) in [6.45, 7) is 2.88. The topological polar surface area (TPSA) is 89.7 Å². The summed E-state index contributed by atoms with van der Waals surface area (Å²) in [4.78, 5) is 13.0. The Morgan fingerprint density at radius 3 is 2.65 bits per heavy atom. The van der Waals surface area contributed by atoms with E-state index in [0.717, 1.165) is 18.2 Å². The molecule has 0 aromatic heterocycles. The Labute approximate surface area is 117 Å². The van der Waals surface area contributed by atoms with Gasteiger partial charge in [0, 0.05) is 20.2 Å². The molecule has 0 aliphatic heterocycles. The smallest absolute Gasteiger partial charge is 0.255 e. The van der Waals surface area contributed by atoms with Gasteiger partial charge in [-0.05, 0) is 25.1 Å². The van der Waals surface area contributed by atoms with Gasteiger partial charge < -0.3 is 9.64 Å². The molecule has 0 saturated carbocycles. The quantitative estimate of drug-likeness (QED) is 0.779. The number of nitrogens with two attached hydrogens (primary N) is 1. The van der Waals surface area contributed by atoms with Crippen molar-refractivity contribution >= 4 is 15.9 Å². The molecule has 0 spiro atoms. The number of ether oxygens (including phenoxy) is 1. The van der Waals surface area contributed by atoms with Crippen LogP contribution in [-0.2, 0) is 14.8 Å². The minimum Gasteiger partial charge on any atom is -0.380 e. The third kappa shape index (κ3) is 4.26. The maximum Gasteiger partial charge on any atom is 0.255 e. The molecule has 1 aromatic carbocycles. The number of halogens is 1. The molecule has 0 heterocycles. The molecule has 1 amide bonds. The van der Waals surface area contributed by atoms with Crippen LogP contribution in [0.4, 0.5) is 4.39 Å². The van der Waals surface area contributed by atoms with Crippen LogP contribution in [-0.4, -0.2) is 46.0 Å². The zero-order valence-corrected chi connectivity index (χ0v) is 12.1. The number of hydrogen-bond acceptors (Lipinski definition) is 4. The van der Waals surface area contributed by atoms with E-state index in [9.17, 15) is 17.6 Å². The Hall–Kier alpha value is -1.51. The van der Waals surface area contributed by atoms with Crippen molar-refractivity contribution in [2.75, 3.05) is 26.8 Å². The van der Waals surface area contributed by atoms with Crippen LogP contribution in [0.3, 0.4) is 0 Å². The van der Waals surface area contributed by atoms with Gasteiger partial charge in [0.25, 0.3) is 5.91 Å². The van der Waals surface area contributed by atoms with E-state index in [1.165, 1.54) is 11.9 Å². The first kappa shape index (κ1) is 16.5. The maximum atomic E-state index is 13.2. The zero-order chi connectivity index (χ0) is 15.3. The highest BCUT2D eigenvalue weighted by Crippen LogP contribution is 2.17. The SMILES string of the molecule is CCOCCN(C)C(=O)c1cc(F)ccc1S(N)(=O)=O. The summed E-state index contributed by atoms with van der Waals surface area (Å²) in [6.07, 6.45) is 0. The van der Waals surface area contributed by atoms with Crippen LogP contribution < -0.4 is 5.14 Å². The molecule has 1 aromatic rings. The standard InChI is InChI=1S/C12H17FN2O4S/c1-3-19-7-6-15(2)12(16)10-8-9(13)4-5-11(10)20(14,17)18/h4-5,8H,3,6-7H2,1-2H3,(H2,14,17,18). The van der Waals surface area contributed by atoms with Crippen molar-refractivity contribution in [2.45, 2.75) is 11.8 Å². The summed E-state index contributed by atoms with van der Waals surface area (Å²) >= 11 is 0. The Morgan fingerprint density at radius 2 is 2.10 bits per heavy atom. The Balaban J connectivity index is 3.06. The van der Waals surface area contributed by atoms with Crippen LogP contribution in [0.5, 0.6) is 0 Å². The molecule has 2 N–H and O–H groups in total. The second-order valence-electron chi connectivity index (χ2n) is 4.11. The largest absolute Gasteiger partial charge is 0.380 e. The van der Waals surface area contributed by atoms with Crippen molar-refractivity contribution in [1.82, 2.24) is 4.90 Å². The third-order valence-corrected chi connectivity index (χ3v) is 3.57. The molecule has 0 bridgehead atoms. The molecule has 1 rings (SSSR count). The second-order valence-corrected chi connectivity index (χ2v) is 5.64. The first-order valence-electron chi connectivity index (χ1n) is 5.93. The number of sulfonamides is 1. The summed E-state index contributed by atoms with van der Waals surface area (Å²) in [5, 5.41) is 5.02. The number of carbonyl (C=O) groups excluding carboxylic acids is 1. The lowest BCUT2D eigenvalue weighted by Gasteiger charge is -2.18. The number of rotatable bonds is 6. The first-order valence-corrected chi connectivity index (χ1v) is 7.47. The van der Waals surface area contributed by atoms with Crippen molar-refractivity contribution in [2.24, 2.45) is 5.14 Å². The van der Waals surface area contributed by atoms with E-state index in [1.54, 1.807) is 0 Å². The van der Waals surface area contributed by atoms with Crippen LogP contribution >= 0.6 is 0 Å². The molecule has 8 heteroatoms. The van der Waals surface area contributed by atoms with E-state index in [4.69, 9.17) is 9.88 Å². The zero-order valence-electron chi connectivity index (χ0n) is 11.3. The van der Waals surface area contributed by atoms with Crippen molar-refractivity contribution in [3.63, 3.8) is 0 Å². The number of amides is 1. The molecule has 0 atom stereocenters. The minimum absolute atomic E-state index is 0.257. The lowest BCUT2D eigenvalue weighted by Crippen LogP contribution is -2.32. The molecule has 0 radical (unpaired) electrons. The Morgan fingerprint density at radius 1 is 1.45 bits per heavy atom. The van der Waals surface area contributed by atoms with Gasteiger partial charge >= 0.3 is 0 Å². The number of hydrogen-bond donors (Lipinski definition) is 1.